The Morgan fingerprint density at radius 2 is 2.14 bits per heavy atom. The van der Waals surface area contributed by atoms with Crippen molar-refractivity contribution in [2.75, 3.05) is 6.54 Å². The number of nitrogens with zero attached hydrogens (tertiary/aromatic N) is 1. The maximum atomic E-state index is 12.5. The quantitative estimate of drug-likeness (QED) is 0.880. The number of pyridine rings is 1. The average molecular weight is 316 g/mol. The minimum Gasteiger partial charge on any atom is -0.334 e. The fraction of sp³-hybridized carbons (Fsp3) is 0.312. The number of hydrogen-bond donors (Lipinski definition) is 1. The van der Waals surface area contributed by atoms with Gasteiger partial charge in [-0.1, -0.05) is 12.1 Å². The van der Waals surface area contributed by atoms with E-state index in [1.807, 2.05) is 17.5 Å². The molecule has 1 atom stereocenters. The molecule has 1 aliphatic rings. The van der Waals surface area contributed by atoms with Crippen molar-refractivity contribution in [1.29, 1.82) is 0 Å². The van der Waals surface area contributed by atoms with Gasteiger partial charge in [-0.2, -0.15) is 0 Å². The number of H-pyrrole nitrogens is 1. The lowest BCUT2D eigenvalue weighted by atomic mass is 10.1. The van der Waals surface area contributed by atoms with E-state index in [1.165, 1.54) is 17.4 Å². The van der Waals surface area contributed by atoms with Crippen molar-refractivity contribution < 1.29 is 9.59 Å². The molecule has 6 heteroatoms. The smallest absolute Gasteiger partial charge is 0.270 e. The standard InChI is InChI=1S/C16H16N2O3S/c19-13(14-6-3-9-22-14)10-11-4-2-8-18(11)16(21)12-5-1-7-15(20)17-12/h1,3,5-7,9,11H,2,4,8,10H2,(H,17,20)/t11-/m1/s1. The van der Waals surface area contributed by atoms with Crippen molar-refractivity contribution in [2.24, 2.45) is 0 Å². The van der Waals surface area contributed by atoms with E-state index in [1.54, 1.807) is 17.0 Å². The summed E-state index contributed by atoms with van der Waals surface area (Å²) in [7, 11) is 0. The maximum absolute atomic E-state index is 12.5. The third-order valence-corrected chi connectivity index (χ3v) is 4.76. The van der Waals surface area contributed by atoms with Gasteiger partial charge >= 0.3 is 0 Å². The van der Waals surface area contributed by atoms with Crippen LogP contribution in [0.3, 0.4) is 0 Å². The topological polar surface area (TPSA) is 70.2 Å². The number of aromatic nitrogens is 1. The molecule has 0 radical (unpaired) electrons. The first-order valence-electron chi connectivity index (χ1n) is 7.22. The van der Waals surface area contributed by atoms with Crippen LogP contribution in [0.15, 0.2) is 40.5 Å². The summed E-state index contributed by atoms with van der Waals surface area (Å²) in [6.45, 7) is 0.623. The van der Waals surface area contributed by atoms with Gasteiger partial charge in [0.25, 0.3) is 5.91 Å². The molecule has 3 heterocycles. The molecule has 22 heavy (non-hydrogen) atoms. The predicted octanol–water partition coefficient (Wildman–Crippen LogP) is 2.31. The Labute approximate surface area is 131 Å². The highest BCUT2D eigenvalue weighted by Crippen LogP contribution is 2.24. The molecule has 1 fully saturated rings. The summed E-state index contributed by atoms with van der Waals surface area (Å²) in [4.78, 5) is 41.1. The van der Waals surface area contributed by atoms with E-state index < -0.39 is 0 Å². The second-order valence-corrected chi connectivity index (χ2v) is 6.28. The van der Waals surface area contributed by atoms with Crippen LogP contribution in [0.4, 0.5) is 0 Å². The number of nitrogens with one attached hydrogen (secondary N) is 1. The van der Waals surface area contributed by atoms with Crippen LogP contribution in [0.1, 0.15) is 39.4 Å². The normalized spacial score (nSPS) is 17.6. The first kappa shape index (κ1) is 14.7. The minimum atomic E-state index is -0.295. The van der Waals surface area contributed by atoms with Gasteiger partial charge in [0.05, 0.1) is 4.88 Å². The molecule has 5 nitrogen and oxygen atoms in total. The number of likely N-dealkylation sites (tertiary alicyclic amines) is 1. The molecule has 2 aromatic rings. The van der Waals surface area contributed by atoms with E-state index in [0.29, 0.717) is 13.0 Å². The summed E-state index contributed by atoms with van der Waals surface area (Å²) >= 11 is 1.42. The number of ketones is 1. The summed E-state index contributed by atoms with van der Waals surface area (Å²) in [6.07, 6.45) is 2.04. The summed E-state index contributed by atoms with van der Waals surface area (Å²) in [5, 5.41) is 1.87. The van der Waals surface area contributed by atoms with Crippen molar-refractivity contribution in [3.8, 4) is 0 Å². The van der Waals surface area contributed by atoms with Gasteiger partial charge < -0.3 is 9.88 Å². The molecule has 114 valence electrons. The van der Waals surface area contributed by atoms with Gasteiger partial charge in [-0.05, 0) is 30.4 Å². The Bertz CT molecular complexity index is 736. The third-order valence-electron chi connectivity index (χ3n) is 3.85. The van der Waals surface area contributed by atoms with Crippen LogP contribution in [0.25, 0.3) is 0 Å². The van der Waals surface area contributed by atoms with E-state index in [-0.39, 0.29) is 29.0 Å². The van der Waals surface area contributed by atoms with Gasteiger partial charge in [0.1, 0.15) is 5.69 Å². The zero-order valence-electron chi connectivity index (χ0n) is 12.0. The second-order valence-electron chi connectivity index (χ2n) is 5.33. The molecule has 0 aromatic carbocycles. The molecular weight excluding hydrogens is 300 g/mol. The summed E-state index contributed by atoms with van der Waals surface area (Å²) in [6, 6.07) is 8.10. The Hall–Kier alpha value is -2.21. The summed E-state index contributed by atoms with van der Waals surface area (Å²) in [5.74, 6) is -0.138. The lowest BCUT2D eigenvalue weighted by Crippen LogP contribution is -2.37. The maximum Gasteiger partial charge on any atom is 0.270 e. The van der Waals surface area contributed by atoms with Gasteiger partial charge in [0.15, 0.2) is 5.78 Å². The molecule has 0 saturated carbocycles. The molecule has 1 aliphatic heterocycles. The van der Waals surface area contributed by atoms with E-state index in [2.05, 4.69) is 4.98 Å². The van der Waals surface area contributed by atoms with Crippen LogP contribution in [-0.2, 0) is 0 Å². The highest BCUT2D eigenvalue weighted by Gasteiger charge is 2.31. The molecule has 1 N–H and O–H groups in total. The first-order valence-corrected chi connectivity index (χ1v) is 8.10. The summed E-state index contributed by atoms with van der Waals surface area (Å²) < 4.78 is 0. The van der Waals surface area contributed by atoms with Gasteiger partial charge in [-0.15, -0.1) is 11.3 Å². The highest BCUT2D eigenvalue weighted by atomic mass is 32.1. The van der Waals surface area contributed by atoms with Crippen molar-refractivity contribution in [1.82, 2.24) is 9.88 Å². The van der Waals surface area contributed by atoms with E-state index in [9.17, 15) is 14.4 Å². The van der Waals surface area contributed by atoms with Crippen molar-refractivity contribution in [3.05, 3.63) is 56.6 Å². The summed E-state index contributed by atoms with van der Waals surface area (Å²) in [5.41, 5.74) is -0.0146. The fourth-order valence-electron chi connectivity index (χ4n) is 2.79. The second kappa shape index (κ2) is 6.27. The molecule has 0 aliphatic carbocycles. The molecular formula is C16H16N2O3S. The van der Waals surface area contributed by atoms with Gasteiger partial charge in [0.2, 0.25) is 5.56 Å². The lowest BCUT2D eigenvalue weighted by Gasteiger charge is -2.24. The minimum absolute atomic E-state index is 0.0706. The number of carbonyl (C=O) groups excluding carboxylic acids is 2. The van der Waals surface area contributed by atoms with Gasteiger partial charge in [0, 0.05) is 25.1 Å². The number of carbonyl (C=O) groups is 2. The highest BCUT2D eigenvalue weighted by molar-refractivity contribution is 7.12. The van der Waals surface area contributed by atoms with Crippen LogP contribution in [0.5, 0.6) is 0 Å². The molecule has 0 unspecified atom stereocenters. The SMILES string of the molecule is O=C(C[C@H]1CCCN1C(=O)c1cccc(=O)[nH]1)c1cccs1. The van der Waals surface area contributed by atoms with Crippen LogP contribution in [-0.4, -0.2) is 34.2 Å². The Kier molecular flexibility index (Phi) is 4.20. The van der Waals surface area contributed by atoms with Crippen molar-refractivity contribution >= 4 is 23.0 Å². The Morgan fingerprint density at radius 3 is 2.86 bits per heavy atom. The number of Topliss-reactive ketones (excluding diaryl/α,β-unsaturated/α-hetero) is 1. The van der Waals surface area contributed by atoms with Crippen LogP contribution in [0, 0.1) is 0 Å². The van der Waals surface area contributed by atoms with Crippen LogP contribution >= 0.6 is 11.3 Å². The monoisotopic (exact) mass is 316 g/mol. The number of aromatic amines is 1. The molecule has 1 saturated heterocycles. The van der Waals surface area contributed by atoms with E-state index in [0.717, 1.165) is 17.7 Å². The average Bonchev–Trinajstić information content (AvgIpc) is 3.18. The Balaban J connectivity index is 1.74. The number of hydrogen-bond acceptors (Lipinski definition) is 4. The largest absolute Gasteiger partial charge is 0.334 e. The fourth-order valence-corrected chi connectivity index (χ4v) is 3.47. The lowest BCUT2D eigenvalue weighted by molar-refractivity contribution is 0.0712. The van der Waals surface area contributed by atoms with Gasteiger partial charge in [-0.25, -0.2) is 0 Å². The molecule has 0 spiro atoms. The predicted molar refractivity (Wildman–Crippen MR) is 84.4 cm³/mol. The number of amides is 1. The Morgan fingerprint density at radius 1 is 1.27 bits per heavy atom. The van der Waals surface area contributed by atoms with Crippen LogP contribution in [0.2, 0.25) is 0 Å². The van der Waals surface area contributed by atoms with E-state index in [4.69, 9.17) is 0 Å². The van der Waals surface area contributed by atoms with Crippen molar-refractivity contribution in [3.63, 3.8) is 0 Å². The number of rotatable bonds is 4. The zero-order valence-corrected chi connectivity index (χ0v) is 12.8. The van der Waals surface area contributed by atoms with E-state index >= 15 is 0 Å². The van der Waals surface area contributed by atoms with Crippen molar-refractivity contribution in [2.45, 2.75) is 25.3 Å². The first-order chi connectivity index (χ1) is 10.6. The molecule has 3 rings (SSSR count). The third kappa shape index (κ3) is 3.01. The molecule has 0 bridgehead atoms. The molecule has 2 aromatic heterocycles. The van der Waals surface area contributed by atoms with Crippen LogP contribution < -0.4 is 5.56 Å². The molecule has 1 amide bonds. The number of thiophene rings is 1. The van der Waals surface area contributed by atoms with Gasteiger partial charge in [-0.3, -0.25) is 14.4 Å². The zero-order chi connectivity index (χ0) is 15.5.